The lowest BCUT2D eigenvalue weighted by Crippen LogP contribution is -2.36. The number of hydrogen-bond donors (Lipinski definition) is 0. The van der Waals surface area contributed by atoms with Gasteiger partial charge in [0.05, 0.1) is 31.0 Å². The van der Waals surface area contributed by atoms with E-state index < -0.39 is 12.0 Å². The number of nitrogens with zero attached hydrogens (tertiary/aromatic N) is 3. The van der Waals surface area contributed by atoms with Crippen molar-refractivity contribution in [3.05, 3.63) is 53.0 Å². The Hall–Kier alpha value is -3.11. The smallest absolute Gasteiger partial charge is 0.205 e. The van der Waals surface area contributed by atoms with Crippen molar-refractivity contribution < 1.29 is 14.3 Å². The van der Waals surface area contributed by atoms with Gasteiger partial charge < -0.3 is 19.7 Å². The van der Waals surface area contributed by atoms with E-state index in [0.717, 1.165) is 25.7 Å². The maximum absolute atomic E-state index is 12.9. The van der Waals surface area contributed by atoms with E-state index in [4.69, 9.17) is 9.47 Å². The first kappa shape index (κ1) is 20.2. The van der Waals surface area contributed by atoms with E-state index in [9.17, 15) is 15.3 Å². The molecule has 7 heteroatoms. The summed E-state index contributed by atoms with van der Waals surface area (Å²) < 4.78 is 11.7. The minimum absolute atomic E-state index is 0.0229. The molecule has 7 nitrogen and oxygen atoms in total. The second-order valence-electron chi connectivity index (χ2n) is 7.76. The molecule has 0 N–H and O–H groups in total. The highest BCUT2D eigenvalue weighted by molar-refractivity contribution is 6.10. The van der Waals surface area contributed by atoms with Crippen molar-refractivity contribution in [3.8, 4) is 17.6 Å². The minimum Gasteiger partial charge on any atom is -0.758 e. The van der Waals surface area contributed by atoms with E-state index in [0.29, 0.717) is 22.1 Å². The van der Waals surface area contributed by atoms with Gasteiger partial charge in [0.25, 0.3) is 0 Å². The molecule has 2 aromatic rings. The largest absolute Gasteiger partial charge is 0.758 e. The van der Waals surface area contributed by atoms with Crippen LogP contribution in [0.3, 0.4) is 0 Å². The highest BCUT2D eigenvalue weighted by atomic mass is 16.5. The first-order valence-electron chi connectivity index (χ1n) is 10.3. The van der Waals surface area contributed by atoms with Crippen LogP contribution >= 0.6 is 0 Å². The fourth-order valence-corrected chi connectivity index (χ4v) is 4.39. The van der Waals surface area contributed by atoms with Crippen LogP contribution in [0, 0.1) is 16.5 Å². The van der Waals surface area contributed by atoms with Crippen LogP contribution in [0.25, 0.3) is 0 Å². The number of ether oxygens (including phenoxy) is 2. The number of ketones is 1. The number of Topliss-reactive ketones (excluding diaryl/α,β-unsaturated/α-hetero) is 1. The predicted molar refractivity (Wildman–Crippen MR) is 112 cm³/mol. The lowest BCUT2D eigenvalue weighted by atomic mass is 9.87. The van der Waals surface area contributed by atoms with Crippen LogP contribution in [0.5, 0.6) is 11.5 Å². The number of anilines is 1. The van der Waals surface area contributed by atoms with Crippen LogP contribution in [0.15, 0.2) is 36.5 Å². The SMILES string of the molecule is COc1cc(C(CC#N)C2C(=O)c3ncccc3N2[O-])ccc1OC1CCCCC1. The number of rotatable bonds is 6. The van der Waals surface area contributed by atoms with Gasteiger partial charge in [0.1, 0.15) is 5.69 Å². The van der Waals surface area contributed by atoms with Gasteiger partial charge in [-0.05, 0) is 55.5 Å². The van der Waals surface area contributed by atoms with Crippen LogP contribution < -0.4 is 14.5 Å². The highest BCUT2D eigenvalue weighted by Crippen LogP contribution is 2.41. The van der Waals surface area contributed by atoms with Gasteiger partial charge in [-0.2, -0.15) is 5.26 Å². The molecule has 156 valence electrons. The first-order chi connectivity index (χ1) is 14.6. The number of fused-ring (bicyclic) bond motifs is 1. The van der Waals surface area contributed by atoms with E-state index in [1.807, 2.05) is 12.1 Å². The second kappa shape index (κ2) is 8.72. The third-order valence-electron chi connectivity index (χ3n) is 5.93. The first-order valence-corrected chi connectivity index (χ1v) is 10.3. The lowest BCUT2D eigenvalue weighted by Gasteiger charge is -2.36. The van der Waals surface area contributed by atoms with Crippen molar-refractivity contribution in [3.63, 3.8) is 0 Å². The molecule has 0 amide bonds. The zero-order valence-corrected chi connectivity index (χ0v) is 16.9. The Balaban J connectivity index is 1.63. The summed E-state index contributed by atoms with van der Waals surface area (Å²) in [5, 5.41) is 22.9. The molecule has 1 aromatic carbocycles. The maximum atomic E-state index is 12.9. The number of nitriles is 1. The van der Waals surface area contributed by atoms with Crippen LogP contribution in [-0.4, -0.2) is 30.0 Å². The van der Waals surface area contributed by atoms with Crippen LogP contribution in [0.1, 0.15) is 60.5 Å². The van der Waals surface area contributed by atoms with E-state index in [1.54, 1.807) is 25.3 Å². The summed E-state index contributed by atoms with van der Waals surface area (Å²) in [6.07, 6.45) is 7.29. The number of benzene rings is 1. The molecule has 4 rings (SSSR count). The van der Waals surface area contributed by atoms with E-state index in [2.05, 4.69) is 11.1 Å². The Bertz CT molecular complexity index is 965. The molecule has 1 fully saturated rings. The molecule has 0 bridgehead atoms. The average Bonchev–Trinajstić information content (AvgIpc) is 3.03. The number of carbonyl (C=O) groups excluding carboxylic acids is 1. The molecular formula is C23H24N3O4-. The molecule has 30 heavy (non-hydrogen) atoms. The highest BCUT2D eigenvalue weighted by Gasteiger charge is 2.39. The van der Waals surface area contributed by atoms with Crippen molar-refractivity contribution >= 4 is 11.5 Å². The van der Waals surface area contributed by atoms with Crippen molar-refractivity contribution in [2.24, 2.45) is 0 Å². The summed E-state index contributed by atoms with van der Waals surface area (Å²) >= 11 is 0. The van der Waals surface area contributed by atoms with Gasteiger partial charge in [0, 0.05) is 18.5 Å². The minimum atomic E-state index is -1.02. The van der Waals surface area contributed by atoms with Gasteiger partial charge in [-0.25, -0.2) is 0 Å². The van der Waals surface area contributed by atoms with Crippen LogP contribution in [-0.2, 0) is 0 Å². The van der Waals surface area contributed by atoms with Crippen molar-refractivity contribution in [1.82, 2.24) is 4.98 Å². The summed E-state index contributed by atoms with van der Waals surface area (Å²) in [7, 11) is 1.56. The number of hydroxylamine groups is 1. The summed E-state index contributed by atoms with van der Waals surface area (Å²) in [6, 6.07) is 9.71. The maximum Gasteiger partial charge on any atom is 0.205 e. The molecule has 2 atom stereocenters. The second-order valence-corrected chi connectivity index (χ2v) is 7.76. The zero-order chi connectivity index (χ0) is 21.1. The Labute approximate surface area is 175 Å². The Morgan fingerprint density at radius 3 is 2.77 bits per heavy atom. The fourth-order valence-electron chi connectivity index (χ4n) is 4.39. The number of methoxy groups -OCH3 is 1. The molecule has 0 saturated heterocycles. The summed E-state index contributed by atoms with van der Waals surface area (Å²) in [6.45, 7) is 0. The molecule has 2 aliphatic rings. The number of hydrogen-bond acceptors (Lipinski definition) is 7. The molecule has 2 heterocycles. The molecular weight excluding hydrogens is 382 g/mol. The standard InChI is InChI=1S/C23H24N3O4/c1-29-20-14-15(9-10-19(20)30-16-6-3-2-4-7-16)17(11-12-24)22-23(27)21-18(26(22)28)8-5-13-25-21/h5,8-10,13-14,16-17,22H,2-4,6-7,11H2,1H3/q-1. The summed E-state index contributed by atoms with van der Waals surface area (Å²) in [5.41, 5.74) is 1.10. The van der Waals surface area contributed by atoms with Gasteiger partial charge in [-0.1, -0.05) is 12.5 Å². The molecule has 0 spiro atoms. The number of pyridine rings is 1. The van der Waals surface area contributed by atoms with Gasteiger partial charge in [-0.15, -0.1) is 0 Å². The van der Waals surface area contributed by atoms with Gasteiger partial charge >= 0.3 is 0 Å². The van der Waals surface area contributed by atoms with Crippen LogP contribution in [0.2, 0.25) is 0 Å². The average molecular weight is 406 g/mol. The molecule has 0 radical (unpaired) electrons. The zero-order valence-electron chi connectivity index (χ0n) is 16.9. The summed E-state index contributed by atoms with van der Waals surface area (Å²) in [4.78, 5) is 17.0. The van der Waals surface area contributed by atoms with Gasteiger partial charge in [0.15, 0.2) is 11.5 Å². The molecule has 1 aliphatic carbocycles. The quantitative estimate of drug-likeness (QED) is 0.702. The Kier molecular flexibility index (Phi) is 5.86. The van der Waals surface area contributed by atoms with Gasteiger partial charge in [-0.3, -0.25) is 9.78 Å². The number of aromatic nitrogens is 1. The van der Waals surface area contributed by atoms with Gasteiger partial charge in [0.2, 0.25) is 5.78 Å². The van der Waals surface area contributed by atoms with E-state index >= 15 is 0 Å². The Morgan fingerprint density at radius 2 is 2.07 bits per heavy atom. The van der Waals surface area contributed by atoms with E-state index in [-0.39, 0.29) is 29.7 Å². The summed E-state index contributed by atoms with van der Waals surface area (Å²) in [5.74, 6) is 0.222. The molecule has 1 aliphatic heterocycles. The third kappa shape index (κ3) is 3.71. The molecule has 1 aromatic heterocycles. The van der Waals surface area contributed by atoms with Crippen LogP contribution in [0.4, 0.5) is 5.69 Å². The fraction of sp³-hybridized carbons (Fsp3) is 0.435. The van der Waals surface area contributed by atoms with Crippen molar-refractivity contribution in [2.75, 3.05) is 12.2 Å². The monoisotopic (exact) mass is 406 g/mol. The van der Waals surface area contributed by atoms with Crippen molar-refractivity contribution in [1.29, 1.82) is 5.26 Å². The number of carbonyl (C=O) groups is 1. The molecule has 1 saturated carbocycles. The third-order valence-corrected chi connectivity index (χ3v) is 5.93. The lowest BCUT2D eigenvalue weighted by molar-refractivity contribution is 0.0958. The Morgan fingerprint density at radius 1 is 1.27 bits per heavy atom. The topological polar surface area (TPSA) is 98.5 Å². The molecule has 2 unspecified atom stereocenters. The predicted octanol–water partition coefficient (Wildman–Crippen LogP) is 4.37. The van der Waals surface area contributed by atoms with E-state index in [1.165, 1.54) is 12.6 Å². The van der Waals surface area contributed by atoms with Crippen molar-refractivity contribution in [2.45, 2.75) is 56.6 Å². The normalized spacial score (nSPS) is 19.8.